The summed E-state index contributed by atoms with van der Waals surface area (Å²) < 4.78 is 0. The molecule has 108 valence electrons. The molecular weight excluding hydrogens is 254 g/mol. The maximum absolute atomic E-state index is 12.6. The zero-order valence-electron chi connectivity index (χ0n) is 12.0. The highest BCUT2D eigenvalue weighted by Gasteiger charge is 2.20. The van der Waals surface area contributed by atoms with Crippen LogP contribution in [0.1, 0.15) is 35.8 Å². The van der Waals surface area contributed by atoms with Crippen molar-refractivity contribution in [1.29, 1.82) is 0 Å². The van der Waals surface area contributed by atoms with Gasteiger partial charge >= 0.3 is 0 Å². The highest BCUT2D eigenvalue weighted by molar-refractivity contribution is 6.04. The van der Waals surface area contributed by atoms with Gasteiger partial charge in [-0.1, -0.05) is 25.0 Å². The van der Waals surface area contributed by atoms with Crippen molar-refractivity contribution in [3.05, 3.63) is 29.5 Å². The number of aliphatic hydroxyl groups is 1. The van der Waals surface area contributed by atoms with Gasteiger partial charge in [0.1, 0.15) is 0 Å². The first-order valence-corrected chi connectivity index (χ1v) is 7.02. The number of unbranched alkanes of at least 4 members (excludes halogenated alkanes) is 1. The van der Waals surface area contributed by atoms with Crippen LogP contribution in [0.2, 0.25) is 0 Å². The van der Waals surface area contributed by atoms with Crippen LogP contribution in [0.25, 0.3) is 10.9 Å². The predicted octanol–water partition coefficient (Wildman–Crippen LogP) is 2.11. The van der Waals surface area contributed by atoms with Gasteiger partial charge in [0.25, 0.3) is 5.91 Å². The third kappa shape index (κ3) is 2.99. The molecule has 0 aliphatic carbocycles. The van der Waals surface area contributed by atoms with E-state index in [0.29, 0.717) is 18.8 Å². The summed E-state index contributed by atoms with van der Waals surface area (Å²) in [6.45, 7) is 5.03. The molecule has 0 spiro atoms. The minimum Gasteiger partial charge on any atom is -0.395 e. The molecule has 5 nitrogen and oxygen atoms in total. The molecule has 1 heterocycles. The van der Waals surface area contributed by atoms with Crippen LogP contribution < -0.4 is 0 Å². The molecule has 2 aromatic rings. The van der Waals surface area contributed by atoms with E-state index in [4.69, 9.17) is 5.11 Å². The van der Waals surface area contributed by atoms with Crippen LogP contribution in [0, 0.1) is 6.92 Å². The van der Waals surface area contributed by atoms with Crippen LogP contribution >= 0.6 is 0 Å². The van der Waals surface area contributed by atoms with Gasteiger partial charge in [0.05, 0.1) is 12.1 Å². The number of carbonyl (C=O) groups is 1. The highest BCUT2D eigenvalue weighted by atomic mass is 16.3. The van der Waals surface area contributed by atoms with Crippen molar-refractivity contribution < 1.29 is 9.90 Å². The van der Waals surface area contributed by atoms with Crippen LogP contribution in [-0.4, -0.2) is 45.8 Å². The van der Waals surface area contributed by atoms with Crippen LogP contribution in [0.5, 0.6) is 0 Å². The molecule has 2 N–H and O–H groups in total. The number of nitrogens with zero attached hydrogens (tertiary/aromatic N) is 2. The van der Waals surface area contributed by atoms with E-state index >= 15 is 0 Å². The zero-order valence-corrected chi connectivity index (χ0v) is 12.0. The van der Waals surface area contributed by atoms with Crippen LogP contribution in [0.4, 0.5) is 0 Å². The fourth-order valence-electron chi connectivity index (χ4n) is 2.23. The molecule has 20 heavy (non-hydrogen) atoms. The van der Waals surface area contributed by atoms with Crippen molar-refractivity contribution in [2.45, 2.75) is 26.7 Å². The molecular formula is C15H21N3O2. The number of benzene rings is 1. The lowest BCUT2D eigenvalue weighted by atomic mass is 10.1. The van der Waals surface area contributed by atoms with Gasteiger partial charge in [-0.05, 0) is 25.5 Å². The quantitative estimate of drug-likeness (QED) is 0.848. The van der Waals surface area contributed by atoms with Gasteiger partial charge in [-0.15, -0.1) is 0 Å². The number of hydrogen-bond acceptors (Lipinski definition) is 3. The summed E-state index contributed by atoms with van der Waals surface area (Å²) in [5.74, 6) is -0.121. The second-order valence-electron chi connectivity index (χ2n) is 4.99. The Labute approximate surface area is 118 Å². The van der Waals surface area contributed by atoms with Gasteiger partial charge in [0.2, 0.25) is 0 Å². The van der Waals surface area contributed by atoms with E-state index in [1.165, 1.54) is 0 Å². The number of fused-ring (bicyclic) bond motifs is 1. The number of H-pyrrole nitrogens is 1. The Morgan fingerprint density at radius 3 is 2.90 bits per heavy atom. The molecule has 0 fully saturated rings. The summed E-state index contributed by atoms with van der Waals surface area (Å²) in [6, 6.07) is 5.87. The van der Waals surface area contributed by atoms with Crippen LogP contribution in [-0.2, 0) is 0 Å². The van der Waals surface area contributed by atoms with Crippen molar-refractivity contribution in [3.8, 4) is 0 Å². The average Bonchev–Trinajstić information content (AvgIpc) is 2.85. The Morgan fingerprint density at radius 2 is 2.20 bits per heavy atom. The van der Waals surface area contributed by atoms with E-state index in [9.17, 15) is 4.79 Å². The molecule has 0 atom stereocenters. The first-order chi connectivity index (χ1) is 9.67. The van der Waals surface area contributed by atoms with Gasteiger partial charge in [0.15, 0.2) is 5.69 Å². The standard InChI is InChI=1S/C15H21N3O2/c1-3-4-7-18(8-9-19)15(20)14-12-10-11(2)5-6-13(12)16-17-14/h5-6,10,19H,3-4,7-9H2,1-2H3,(H,16,17). The van der Waals surface area contributed by atoms with Gasteiger partial charge in [0, 0.05) is 18.5 Å². The van der Waals surface area contributed by atoms with Crippen molar-refractivity contribution in [1.82, 2.24) is 15.1 Å². The van der Waals surface area contributed by atoms with Crippen molar-refractivity contribution in [3.63, 3.8) is 0 Å². The molecule has 0 radical (unpaired) electrons. The summed E-state index contributed by atoms with van der Waals surface area (Å²) in [5, 5.41) is 17.0. The topological polar surface area (TPSA) is 69.2 Å². The lowest BCUT2D eigenvalue weighted by Crippen LogP contribution is -2.34. The van der Waals surface area contributed by atoms with Crippen LogP contribution in [0.3, 0.4) is 0 Å². The Bertz CT molecular complexity index is 592. The number of aliphatic hydroxyl groups excluding tert-OH is 1. The summed E-state index contributed by atoms with van der Waals surface area (Å²) in [6.07, 6.45) is 1.93. The lowest BCUT2D eigenvalue weighted by Gasteiger charge is -2.20. The van der Waals surface area contributed by atoms with E-state index < -0.39 is 0 Å². The van der Waals surface area contributed by atoms with E-state index in [0.717, 1.165) is 29.3 Å². The Hall–Kier alpha value is -1.88. The lowest BCUT2D eigenvalue weighted by molar-refractivity contribution is 0.0715. The molecule has 2 rings (SSSR count). The molecule has 5 heteroatoms. The van der Waals surface area contributed by atoms with E-state index in [2.05, 4.69) is 17.1 Å². The zero-order chi connectivity index (χ0) is 14.5. The number of aromatic amines is 1. The number of hydrogen-bond donors (Lipinski definition) is 2. The first-order valence-electron chi connectivity index (χ1n) is 7.02. The third-order valence-electron chi connectivity index (χ3n) is 3.36. The number of amides is 1. The van der Waals surface area contributed by atoms with Gasteiger partial charge in [-0.2, -0.15) is 5.10 Å². The van der Waals surface area contributed by atoms with E-state index in [1.54, 1.807) is 4.90 Å². The molecule has 0 bridgehead atoms. The Morgan fingerprint density at radius 1 is 1.40 bits per heavy atom. The summed E-state index contributed by atoms with van der Waals surface area (Å²) in [4.78, 5) is 14.2. The monoisotopic (exact) mass is 275 g/mol. The summed E-state index contributed by atoms with van der Waals surface area (Å²) in [7, 11) is 0. The average molecular weight is 275 g/mol. The van der Waals surface area contributed by atoms with Crippen LogP contribution in [0.15, 0.2) is 18.2 Å². The normalized spacial score (nSPS) is 10.9. The minimum absolute atomic E-state index is 0.0309. The second kappa shape index (κ2) is 6.52. The molecule has 1 aromatic heterocycles. The second-order valence-corrected chi connectivity index (χ2v) is 4.99. The third-order valence-corrected chi connectivity index (χ3v) is 3.36. The number of aromatic nitrogens is 2. The molecule has 0 unspecified atom stereocenters. The molecule has 0 saturated carbocycles. The van der Waals surface area contributed by atoms with Crippen molar-refractivity contribution >= 4 is 16.8 Å². The molecule has 1 amide bonds. The smallest absolute Gasteiger partial charge is 0.275 e. The van der Waals surface area contributed by atoms with Gasteiger partial charge < -0.3 is 10.0 Å². The maximum atomic E-state index is 12.6. The molecule has 1 aromatic carbocycles. The van der Waals surface area contributed by atoms with Gasteiger partial charge in [-0.25, -0.2) is 0 Å². The SMILES string of the molecule is CCCCN(CCO)C(=O)c1n[nH]c2ccc(C)cc12. The summed E-state index contributed by atoms with van der Waals surface area (Å²) in [5.41, 5.74) is 2.39. The molecule has 0 aliphatic rings. The van der Waals surface area contributed by atoms with Crippen molar-refractivity contribution in [2.75, 3.05) is 19.7 Å². The van der Waals surface area contributed by atoms with Crippen molar-refractivity contribution in [2.24, 2.45) is 0 Å². The Kier molecular flexibility index (Phi) is 4.74. The summed E-state index contributed by atoms with van der Waals surface area (Å²) >= 11 is 0. The fourth-order valence-corrected chi connectivity index (χ4v) is 2.23. The number of rotatable bonds is 6. The molecule has 0 aliphatic heterocycles. The van der Waals surface area contributed by atoms with E-state index in [1.807, 2.05) is 25.1 Å². The minimum atomic E-state index is -0.121. The fraction of sp³-hybridized carbons (Fsp3) is 0.467. The van der Waals surface area contributed by atoms with Gasteiger partial charge in [-0.3, -0.25) is 9.89 Å². The predicted molar refractivity (Wildman–Crippen MR) is 78.7 cm³/mol. The first kappa shape index (κ1) is 14.5. The molecule has 0 saturated heterocycles. The number of aryl methyl sites for hydroxylation is 1. The number of nitrogens with one attached hydrogen (secondary N) is 1. The highest BCUT2D eigenvalue weighted by Crippen LogP contribution is 2.19. The van der Waals surface area contributed by atoms with E-state index in [-0.39, 0.29) is 12.5 Å². The largest absolute Gasteiger partial charge is 0.395 e. The Balaban J connectivity index is 2.30. The number of carbonyl (C=O) groups excluding carboxylic acids is 1. The maximum Gasteiger partial charge on any atom is 0.275 e.